The molecule has 0 bridgehead atoms. The maximum absolute atomic E-state index is 10.5. The number of benzene rings is 1. The van der Waals surface area contributed by atoms with Gasteiger partial charge in [0.25, 0.3) is 0 Å². The van der Waals surface area contributed by atoms with E-state index in [2.05, 4.69) is 9.97 Å². The number of thiazole rings is 1. The van der Waals surface area contributed by atoms with Crippen LogP contribution in [0.3, 0.4) is 0 Å². The molecular formula is C17H15N2NaO4S2. The van der Waals surface area contributed by atoms with E-state index in [4.69, 9.17) is 4.74 Å². The van der Waals surface area contributed by atoms with E-state index in [1.807, 2.05) is 42.6 Å². The van der Waals surface area contributed by atoms with E-state index in [-0.39, 0.29) is 42.6 Å². The van der Waals surface area contributed by atoms with Crippen molar-refractivity contribution < 1.29 is 47.3 Å². The van der Waals surface area contributed by atoms with E-state index in [9.17, 15) is 13.0 Å². The molecule has 1 aromatic carbocycles. The summed E-state index contributed by atoms with van der Waals surface area (Å²) in [6.07, 6.45) is 5.48. The molecule has 0 aliphatic rings. The van der Waals surface area contributed by atoms with Crippen LogP contribution in [0, 0.1) is 0 Å². The molecule has 0 aliphatic heterocycles. The summed E-state index contributed by atoms with van der Waals surface area (Å²) < 4.78 is 37.0. The van der Waals surface area contributed by atoms with Gasteiger partial charge in [0, 0.05) is 29.9 Å². The number of hydrogen-bond acceptors (Lipinski definition) is 7. The monoisotopic (exact) mass is 398 g/mol. The summed E-state index contributed by atoms with van der Waals surface area (Å²) in [6, 6.07) is 11.3. The van der Waals surface area contributed by atoms with Crippen molar-refractivity contribution >= 4 is 21.5 Å². The average molecular weight is 398 g/mol. The molecule has 3 aromatic rings. The van der Waals surface area contributed by atoms with Crippen LogP contribution >= 0.6 is 11.3 Å². The van der Waals surface area contributed by atoms with E-state index in [0.29, 0.717) is 5.75 Å². The first kappa shape index (κ1) is 21.0. The van der Waals surface area contributed by atoms with Crippen LogP contribution in [0.15, 0.2) is 55.0 Å². The molecule has 26 heavy (non-hydrogen) atoms. The zero-order valence-corrected chi connectivity index (χ0v) is 17.8. The first-order valence-electron chi connectivity index (χ1n) is 7.54. The van der Waals surface area contributed by atoms with Gasteiger partial charge in [-0.1, -0.05) is 0 Å². The maximum Gasteiger partial charge on any atom is 1.00 e. The molecule has 2 aromatic heterocycles. The molecule has 0 radical (unpaired) electrons. The van der Waals surface area contributed by atoms with Crippen LogP contribution < -0.4 is 34.3 Å². The van der Waals surface area contributed by atoms with Crippen molar-refractivity contribution in [2.75, 3.05) is 12.4 Å². The van der Waals surface area contributed by atoms with Crippen LogP contribution in [0.1, 0.15) is 6.42 Å². The second-order valence-corrected chi connectivity index (χ2v) is 7.81. The second-order valence-electron chi connectivity index (χ2n) is 5.25. The second kappa shape index (κ2) is 9.59. The van der Waals surface area contributed by atoms with Crippen molar-refractivity contribution in [2.24, 2.45) is 0 Å². The summed E-state index contributed by atoms with van der Waals surface area (Å²) >= 11 is 1.59. The standard InChI is InChI=1S/C17H16N2O4S2.Na/c20-25(21,22)11-1-10-23-15-4-2-13(3-5-15)16-12-19-17(24-16)14-6-8-18-9-7-14;/h2-9,12H,1,10-11H2,(H,20,21,22);/q;+1/p-1. The van der Waals surface area contributed by atoms with Crippen molar-refractivity contribution in [3.8, 4) is 26.8 Å². The number of ether oxygens (including phenoxy) is 1. The fourth-order valence-corrected chi connectivity index (χ4v) is 3.58. The molecule has 0 N–H and O–H groups in total. The van der Waals surface area contributed by atoms with Gasteiger partial charge in [0.15, 0.2) is 0 Å². The van der Waals surface area contributed by atoms with Gasteiger partial charge in [0.1, 0.15) is 10.8 Å². The molecule has 0 saturated heterocycles. The van der Waals surface area contributed by atoms with Gasteiger partial charge >= 0.3 is 29.6 Å². The van der Waals surface area contributed by atoms with Gasteiger partial charge in [-0.05, 0) is 48.4 Å². The van der Waals surface area contributed by atoms with Crippen LogP contribution in [0.25, 0.3) is 21.0 Å². The van der Waals surface area contributed by atoms with Crippen LogP contribution in [0.2, 0.25) is 0 Å². The van der Waals surface area contributed by atoms with E-state index < -0.39 is 15.9 Å². The normalized spacial score (nSPS) is 11.0. The fourth-order valence-electron chi connectivity index (χ4n) is 2.18. The Balaban J connectivity index is 0.00000243. The molecule has 0 spiro atoms. The summed E-state index contributed by atoms with van der Waals surface area (Å²) in [4.78, 5) is 9.48. The molecule has 9 heteroatoms. The number of aromatic nitrogens is 2. The van der Waals surface area contributed by atoms with E-state index >= 15 is 0 Å². The van der Waals surface area contributed by atoms with Gasteiger partial charge in [-0.2, -0.15) is 0 Å². The van der Waals surface area contributed by atoms with Gasteiger partial charge in [-0.15, -0.1) is 11.3 Å². The molecule has 3 rings (SSSR count). The quantitative estimate of drug-likeness (QED) is 0.321. The molecule has 0 unspecified atom stereocenters. The summed E-state index contributed by atoms with van der Waals surface area (Å²) in [5.74, 6) is 0.218. The summed E-state index contributed by atoms with van der Waals surface area (Å²) in [7, 11) is -4.18. The van der Waals surface area contributed by atoms with Crippen molar-refractivity contribution in [3.05, 3.63) is 55.0 Å². The Labute approximate surface area is 178 Å². The number of pyridine rings is 1. The fraction of sp³-hybridized carbons (Fsp3) is 0.176. The average Bonchev–Trinajstić information content (AvgIpc) is 3.09. The number of rotatable bonds is 7. The third-order valence-electron chi connectivity index (χ3n) is 3.38. The van der Waals surface area contributed by atoms with Gasteiger partial charge in [-0.25, -0.2) is 13.4 Å². The van der Waals surface area contributed by atoms with Crippen LogP contribution in [0.4, 0.5) is 0 Å². The predicted molar refractivity (Wildman–Crippen MR) is 95.5 cm³/mol. The molecule has 0 fully saturated rings. The zero-order chi connectivity index (χ0) is 17.7. The minimum absolute atomic E-state index is 0. The molecule has 0 saturated carbocycles. The Kier molecular flexibility index (Phi) is 7.75. The first-order chi connectivity index (χ1) is 12.0. The zero-order valence-electron chi connectivity index (χ0n) is 14.2. The topological polar surface area (TPSA) is 92.2 Å². The van der Waals surface area contributed by atoms with Gasteiger partial charge in [0.05, 0.1) is 21.6 Å². The summed E-state index contributed by atoms with van der Waals surface area (Å²) in [5, 5.41) is 0.927. The minimum Gasteiger partial charge on any atom is -0.748 e. The Morgan fingerprint density at radius 3 is 2.38 bits per heavy atom. The largest absolute Gasteiger partial charge is 1.00 e. The van der Waals surface area contributed by atoms with Crippen LogP contribution in [-0.4, -0.2) is 35.3 Å². The Morgan fingerprint density at radius 1 is 1.04 bits per heavy atom. The Morgan fingerprint density at radius 2 is 1.73 bits per heavy atom. The summed E-state index contributed by atoms with van der Waals surface area (Å²) in [5.41, 5.74) is 2.05. The van der Waals surface area contributed by atoms with Crippen molar-refractivity contribution in [3.63, 3.8) is 0 Å². The van der Waals surface area contributed by atoms with Gasteiger partial charge < -0.3 is 9.29 Å². The SMILES string of the molecule is O=S(=O)([O-])CCCOc1ccc(-c2cnc(-c3ccncc3)s2)cc1.[Na+]. The van der Waals surface area contributed by atoms with Crippen molar-refractivity contribution in [2.45, 2.75) is 6.42 Å². The third kappa shape index (κ3) is 6.15. The minimum atomic E-state index is -4.18. The van der Waals surface area contributed by atoms with Gasteiger partial charge in [0.2, 0.25) is 0 Å². The van der Waals surface area contributed by atoms with E-state index in [1.54, 1.807) is 23.7 Å². The van der Waals surface area contributed by atoms with E-state index in [1.165, 1.54) is 0 Å². The van der Waals surface area contributed by atoms with Crippen LogP contribution in [-0.2, 0) is 10.1 Å². The van der Waals surface area contributed by atoms with Crippen LogP contribution in [0.5, 0.6) is 5.75 Å². The molecule has 130 valence electrons. The van der Waals surface area contributed by atoms with Crippen molar-refractivity contribution in [1.82, 2.24) is 9.97 Å². The summed E-state index contributed by atoms with van der Waals surface area (Å²) in [6.45, 7) is 0.188. The van der Waals surface area contributed by atoms with E-state index in [0.717, 1.165) is 21.0 Å². The molecule has 6 nitrogen and oxygen atoms in total. The first-order valence-corrected chi connectivity index (χ1v) is 9.94. The Bertz CT molecular complexity index is 929. The maximum atomic E-state index is 10.5. The van der Waals surface area contributed by atoms with Crippen molar-refractivity contribution in [1.29, 1.82) is 0 Å². The predicted octanol–water partition coefficient (Wildman–Crippen LogP) is 0.190. The molecule has 2 heterocycles. The molecule has 0 amide bonds. The molecule has 0 atom stereocenters. The number of nitrogens with zero attached hydrogens (tertiary/aromatic N) is 2. The third-order valence-corrected chi connectivity index (χ3v) is 5.26. The molecule has 0 aliphatic carbocycles. The smallest absolute Gasteiger partial charge is 0.748 e. The molecular weight excluding hydrogens is 383 g/mol. The Hall–Kier alpha value is -1.29. The van der Waals surface area contributed by atoms with Gasteiger partial charge in [-0.3, -0.25) is 4.98 Å². The number of hydrogen-bond donors (Lipinski definition) is 0.